The van der Waals surface area contributed by atoms with Gasteiger partial charge in [-0.3, -0.25) is 4.79 Å². The van der Waals surface area contributed by atoms with E-state index in [0.29, 0.717) is 5.69 Å². The summed E-state index contributed by atoms with van der Waals surface area (Å²) >= 11 is 1.57. The van der Waals surface area contributed by atoms with Gasteiger partial charge in [0.1, 0.15) is 5.69 Å². The Morgan fingerprint density at radius 2 is 2.21 bits per heavy atom. The summed E-state index contributed by atoms with van der Waals surface area (Å²) in [5, 5.41) is 1.08. The van der Waals surface area contributed by atoms with Crippen LogP contribution in [0, 0.1) is 13.8 Å². The molecule has 0 bridgehead atoms. The lowest BCUT2D eigenvalue weighted by Gasteiger charge is -1.96. The van der Waals surface area contributed by atoms with Gasteiger partial charge in [-0.15, -0.1) is 11.3 Å². The molecule has 3 nitrogen and oxygen atoms in total. The van der Waals surface area contributed by atoms with Crippen molar-refractivity contribution in [1.29, 1.82) is 0 Å². The molecule has 14 heavy (non-hydrogen) atoms. The normalized spacial score (nSPS) is 10.7. The van der Waals surface area contributed by atoms with Gasteiger partial charge in [0, 0.05) is 11.1 Å². The molecule has 2 heterocycles. The van der Waals surface area contributed by atoms with Crippen LogP contribution in [0.4, 0.5) is 0 Å². The average molecular weight is 206 g/mol. The number of amides is 1. The van der Waals surface area contributed by atoms with Gasteiger partial charge >= 0.3 is 0 Å². The van der Waals surface area contributed by atoms with E-state index in [4.69, 9.17) is 5.73 Å². The highest BCUT2D eigenvalue weighted by atomic mass is 32.1. The molecule has 0 aromatic carbocycles. The largest absolute Gasteiger partial charge is 0.364 e. The second-order valence-electron chi connectivity index (χ2n) is 3.18. The molecule has 2 rings (SSSR count). The van der Waals surface area contributed by atoms with E-state index in [9.17, 15) is 4.79 Å². The lowest BCUT2D eigenvalue weighted by Crippen LogP contribution is -2.12. The first-order valence-corrected chi connectivity index (χ1v) is 5.07. The van der Waals surface area contributed by atoms with Crippen LogP contribution in [-0.2, 0) is 0 Å². The Labute approximate surface area is 85.6 Å². The molecule has 0 spiro atoms. The SMILES string of the molecule is Cc1sc2c(C(N)=O)nccc2c1C. The second kappa shape index (κ2) is 3.06. The lowest BCUT2D eigenvalue weighted by atomic mass is 10.1. The highest BCUT2D eigenvalue weighted by molar-refractivity contribution is 7.19. The maximum Gasteiger partial charge on any atom is 0.268 e. The number of aromatic nitrogens is 1. The minimum Gasteiger partial charge on any atom is -0.364 e. The number of hydrogen-bond acceptors (Lipinski definition) is 3. The zero-order chi connectivity index (χ0) is 10.3. The third-order valence-electron chi connectivity index (χ3n) is 2.33. The van der Waals surface area contributed by atoms with Gasteiger partial charge < -0.3 is 5.73 Å². The summed E-state index contributed by atoms with van der Waals surface area (Å²) in [6, 6.07) is 1.92. The van der Waals surface area contributed by atoms with Crippen LogP contribution in [0.5, 0.6) is 0 Å². The summed E-state index contributed by atoms with van der Waals surface area (Å²) in [6.45, 7) is 4.07. The molecule has 0 unspecified atom stereocenters. The molecule has 0 fully saturated rings. The van der Waals surface area contributed by atoms with Crippen molar-refractivity contribution in [3.05, 3.63) is 28.4 Å². The highest BCUT2D eigenvalue weighted by Gasteiger charge is 2.12. The predicted octanol–water partition coefficient (Wildman–Crippen LogP) is 2.01. The third kappa shape index (κ3) is 1.19. The van der Waals surface area contributed by atoms with E-state index in [-0.39, 0.29) is 0 Å². The molecule has 2 aromatic heterocycles. The Hall–Kier alpha value is -1.42. The first kappa shape index (κ1) is 9.15. The predicted molar refractivity (Wildman–Crippen MR) is 57.6 cm³/mol. The zero-order valence-electron chi connectivity index (χ0n) is 8.00. The number of aryl methyl sites for hydroxylation is 2. The van der Waals surface area contributed by atoms with Crippen LogP contribution in [0.3, 0.4) is 0 Å². The van der Waals surface area contributed by atoms with Crippen LogP contribution < -0.4 is 5.73 Å². The fourth-order valence-electron chi connectivity index (χ4n) is 1.44. The lowest BCUT2D eigenvalue weighted by molar-refractivity contribution is 0.0997. The molecule has 0 saturated carbocycles. The van der Waals surface area contributed by atoms with E-state index in [1.54, 1.807) is 17.5 Å². The van der Waals surface area contributed by atoms with Gasteiger partial charge in [0.2, 0.25) is 0 Å². The first-order valence-electron chi connectivity index (χ1n) is 4.25. The van der Waals surface area contributed by atoms with Gasteiger partial charge in [-0.1, -0.05) is 0 Å². The average Bonchev–Trinajstić information content (AvgIpc) is 2.43. The highest BCUT2D eigenvalue weighted by Crippen LogP contribution is 2.31. The van der Waals surface area contributed by atoms with E-state index >= 15 is 0 Å². The van der Waals surface area contributed by atoms with Crippen LogP contribution in [0.2, 0.25) is 0 Å². The topological polar surface area (TPSA) is 56.0 Å². The number of rotatable bonds is 1. The van der Waals surface area contributed by atoms with E-state index in [0.717, 1.165) is 10.1 Å². The van der Waals surface area contributed by atoms with Crippen molar-refractivity contribution in [3.63, 3.8) is 0 Å². The number of nitrogens with zero attached hydrogens (tertiary/aromatic N) is 1. The smallest absolute Gasteiger partial charge is 0.268 e. The van der Waals surface area contributed by atoms with Crippen LogP contribution >= 0.6 is 11.3 Å². The van der Waals surface area contributed by atoms with Crippen LogP contribution in [0.1, 0.15) is 20.9 Å². The fraction of sp³-hybridized carbons (Fsp3) is 0.200. The van der Waals surface area contributed by atoms with Crippen molar-refractivity contribution in [2.75, 3.05) is 0 Å². The first-order chi connectivity index (χ1) is 6.61. The van der Waals surface area contributed by atoms with Crippen LogP contribution in [0.25, 0.3) is 10.1 Å². The molecular weight excluding hydrogens is 196 g/mol. The van der Waals surface area contributed by atoms with E-state index in [1.165, 1.54) is 10.4 Å². The minimum atomic E-state index is -0.461. The van der Waals surface area contributed by atoms with Crippen molar-refractivity contribution in [3.8, 4) is 0 Å². The van der Waals surface area contributed by atoms with Gasteiger partial charge in [-0.25, -0.2) is 4.98 Å². The number of fused-ring (bicyclic) bond motifs is 1. The van der Waals surface area contributed by atoms with Crippen molar-refractivity contribution in [1.82, 2.24) is 4.98 Å². The molecule has 0 saturated heterocycles. The Balaban J connectivity index is 2.88. The van der Waals surface area contributed by atoms with Crippen LogP contribution in [0.15, 0.2) is 12.3 Å². The summed E-state index contributed by atoms with van der Waals surface area (Å²) in [6.07, 6.45) is 1.63. The monoisotopic (exact) mass is 206 g/mol. The standard InChI is InChI=1S/C10H10N2OS/c1-5-6(2)14-9-7(5)3-4-12-8(9)10(11)13/h3-4H,1-2H3,(H2,11,13). The van der Waals surface area contributed by atoms with Crippen molar-refractivity contribution in [2.24, 2.45) is 5.73 Å². The number of nitrogens with two attached hydrogens (primary N) is 1. The van der Waals surface area contributed by atoms with E-state index in [2.05, 4.69) is 4.98 Å². The van der Waals surface area contributed by atoms with E-state index in [1.807, 2.05) is 19.9 Å². The van der Waals surface area contributed by atoms with Gasteiger partial charge in [-0.05, 0) is 30.9 Å². The molecule has 2 N–H and O–H groups in total. The van der Waals surface area contributed by atoms with E-state index < -0.39 is 5.91 Å². The number of hydrogen-bond donors (Lipinski definition) is 1. The molecule has 4 heteroatoms. The Morgan fingerprint density at radius 3 is 2.86 bits per heavy atom. The van der Waals surface area contributed by atoms with Gasteiger partial charge in [0.05, 0.1) is 4.70 Å². The second-order valence-corrected chi connectivity index (χ2v) is 4.41. The van der Waals surface area contributed by atoms with Gasteiger partial charge in [0.25, 0.3) is 5.91 Å². The Morgan fingerprint density at radius 1 is 1.50 bits per heavy atom. The quantitative estimate of drug-likeness (QED) is 0.776. The Kier molecular flexibility index (Phi) is 2.00. The number of carbonyl (C=O) groups is 1. The number of pyridine rings is 1. The summed E-state index contributed by atoms with van der Waals surface area (Å²) in [5.74, 6) is -0.461. The molecular formula is C10H10N2OS. The maximum atomic E-state index is 11.1. The zero-order valence-corrected chi connectivity index (χ0v) is 8.81. The minimum absolute atomic E-state index is 0.378. The fourth-order valence-corrected chi connectivity index (χ4v) is 2.59. The number of primary amides is 1. The molecule has 0 atom stereocenters. The molecule has 0 aliphatic rings. The van der Waals surface area contributed by atoms with Gasteiger partial charge in [-0.2, -0.15) is 0 Å². The Bertz CT molecular complexity index is 516. The number of thiophene rings is 1. The third-order valence-corrected chi connectivity index (χ3v) is 3.55. The summed E-state index contributed by atoms with van der Waals surface area (Å²) in [7, 11) is 0. The summed E-state index contributed by atoms with van der Waals surface area (Å²) in [4.78, 5) is 16.3. The molecule has 2 aromatic rings. The maximum absolute atomic E-state index is 11.1. The molecule has 0 aliphatic heterocycles. The molecule has 0 aliphatic carbocycles. The summed E-state index contributed by atoms with van der Waals surface area (Å²) < 4.78 is 0.898. The van der Waals surface area contributed by atoms with Crippen molar-refractivity contribution in [2.45, 2.75) is 13.8 Å². The molecule has 72 valence electrons. The van der Waals surface area contributed by atoms with Crippen molar-refractivity contribution < 1.29 is 4.79 Å². The summed E-state index contributed by atoms with van der Waals surface area (Å²) in [5.41, 5.74) is 6.83. The van der Waals surface area contributed by atoms with Crippen molar-refractivity contribution >= 4 is 27.3 Å². The molecule has 1 amide bonds. The van der Waals surface area contributed by atoms with Crippen LogP contribution in [-0.4, -0.2) is 10.9 Å². The van der Waals surface area contributed by atoms with Gasteiger partial charge in [0.15, 0.2) is 0 Å². The number of carbonyl (C=O) groups excluding carboxylic acids is 1. The molecule has 0 radical (unpaired) electrons.